The highest BCUT2D eigenvalue weighted by molar-refractivity contribution is 6.30. The molecule has 0 saturated heterocycles. The van der Waals surface area contributed by atoms with Crippen molar-refractivity contribution >= 4 is 28.5 Å². The van der Waals surface area contributed by atoms with Crippen molar-refractivity contribution in [2.75, 3.05) is 11.9 Å². The Morgan fingerprint density at radius 3 is 2.88 bits per heavy atom. The zero-order valence-electron chi connectivity index (χ0n) is 12.6. The van der Waals surface area contributed by atoms with Crippen molar-refractivity contribution in [2.24, 2.45) is 0 Å². The van der Waals surface area contributed by atoms with Gasteiger partial charge in [0.05, 0.1) is 17.6 Å². The summed E-state index contributed by atoms with van der Waals surface area (Å²) in [6, 6.07) is 9.68. The van der Waals surface area contributed by atoms with Crippen LogP contribution in [0.2, 0.25) is 5.02 Å². The van der Waals surface area contributed by atoms with Crippen molar-refractivity contribution in [3.63, 3.8) is 0 Å². The van der Waals surface area contributed by atoms with Crippen molar-refractivity contribution < 1.29 is 0 Å². The monoisotopic (exact) mass is 339 g/mol. The highest BCUT2D eigenvalue weighted by Crippen LogP contribution is 2.22. The number of nitrogens with one attached hydrogen (secondary N) is 2. The van der Waals surface area contributed by atoms with Gasteiger partial charge >= 0.3 is 0 Å². The molecule has 8 heteroatoms. The largest absolute Gasteiger partial charge is 0.367 e. The first-order valence-corrected chi connectivity index (χ1v) is 7.81. The quantitative estimate of drug-likeness (QED) is 0.584. The number of rotatable bonds is 5. The molecule has 0 fully saturated rings. The van der Waals surface area contributed by atoms with E-state index in [0.717, 1.165) is 16.8 Å². The van der Waals surface area contributed by atoms with Crippen LogP contribution in [-0.2, 0) is 0 Å². The van der Waals surface area contributed by atoms with E-state index in [1.807, 2.05) is 41.2 Å². The van der Waals surface area contributed by atoms with Gasteiger partial charge in [0.2, 0.25) is 0 Å². The highest BCUT2D eigenvalue weighted by atomic mass is 35.5. The van der Waals surface area contributed by atoms with E-state index < -0.39 is 0 Å². The van der Waals surface area contributed by atoms with Gasteiger partial charge in [-0.1, -0.05) is 23.7 Å². The predicted molar refractivity (Wildman–Crippen MR) is 92.0 cm³/mol. The number of hydrogen-bond acceptors (Lipinski definition) is 5. The molecule has 0 aliphatic carbocycles. The molecule has 0 spiro atoms. The van der Waals surface area contributed by atoms with Gasteiger partial charge in [-0.05, 0) is 23.8 Å². The van der Waals surface area contributed by atoms with Gasteiger partial charge < -0.3 is 5.32 Å². The van der Waals surface area contributed by atoms with Crippen molar-refractivity contribution in [1.29, 1.82) is 0 Å². The minimum atomic E-state index is 0.00850. The van der Waals surface area contributed by atoms with Crippen molar-refractivity contribution in [2.45, 2.75) is 6.04 Å². The number of H-pyrrole nitrogens is 1. The first kappa shape index (κ1) is 14.6. The average Bonchev–Trinajstić information content (AvgIpc) is 3.28. The Balaban J connectivity index is 1.63. The molecule has 120 valence electrons. The minimum Gasteiger partial charge on any atom is -0.367 e. The van der Waals surface area contributed by atoms with Crippen LogP contribution in [0.25, 0.3) is 11.0 Å². The third-order valence-electron chi connectivity index (χ3n) is 3.81. The van der Waals surface area contributed by atoms with Crippen LogP contribution in [0, 0.1) is 0 Å². The van der Waals surface area contributed by atoms with Crippen LogP contribution < -0.4 is 5.32 Å². The lowest BCUT2D eigenvalue weighted by molar-refractivity contribution is 0.543. The molecule has 4 aromatic rings. The molecule has 1 atom stereocenters. The Bertz CT molecular complexity index is 931. The summed E-state index contributed by atoms with van der Waals surface area (Å²) in [5.74, 6) is 0.736. The summed E-state index contributed by atoms with van der Waals surface area (Å²) in [5.41, 5.74) is 1.81. The first-order valence-electron chi connectivity index (χ1n) is 7.44. The smallest absolute Gasteiger partial charge is 0.160 e. The second-order valence-corrected chi connectivity index (χ2v) is 5.73. The molecule has 3 aromatic heterocycles. The molecule has 2 N–H and O–H groups in total. The normalized spacial score (nSPS) is 12.4. The molecule has 1 unspecified atom stereocenters. The van der Waals surface area contributed by atoms with Crippen LogP contribution in [0.3, 0.4) is 0 Å². The zero-order chi connectivity index (χ0) is 16.4. The molecule has 0 aliphatic heterocycles. The van der Waals surface area contributed by atoms with Gasteiger partial charge in [0.15, 0.2) is 5.65 Å². The molecule has 0 amide bonds. The van der Waals surface area contributed by atoms with E-state index in [0.29, 0.717) is 17.2 Å². The van der Waals surface area contributed by atoms with E-state index in [9.17, 15) is 0 Å². The SMILES string of the molecule is Clc1ccc(C(CNc2ncnc3[nH]ncc23)n2cccn2)cc1. The maximum absolute atomic E-state index is 6.00. The third-order valence-corrected chi connectivity index (χ3v) is 4.06. The second-order valence-electron chi connectivity index (χ2n) is 5.29. The molecule has 1 aromatic carbocycles. The fourth-order valence-electron chi connectivity index (χ4n) is 2.61. The molecule has 0 bridgehead atoms. The molecular weight excluding hydrogens is 326 g/mol. The molecule has 0 radical (unpaired) electrons. The Morgan fingerprint density at radius 1 is 1.21 bits per heavy atom. The number of nitrogens with zero attached hydrogens (tertiary/aromatic N) is 5. The fraction of sp³-hybridized carbons (Fsp3) is 0.125. The van der Waals surface area contributed by atoms with Crippen LogP contribution in [0.15, 0.2) is 55.2 Å². The van der Waals surface area contributed by atoms with Crippen LogP contribution in [-0.4, -0.2) is 36.5 Å². The summed E-state index contributed by atoms with van der Waals surface area (Å²) in [6.07, 6.45) is 6.92. The number of hydrogen-bond donors (Lipinski definition) is 2. The van der Waals surface area contributed by atoms with E-state index in [1.165, 1.54) is 6.33 Å². The van der Waals surface area contributed by atoms with Gasteiger partial charge in [0, 0.05) is 24.0 Å². The van der Waals surface area contributed by atoms with E-state index >= 15 is 0 Å². The third kappa shape index (κ3) is 2.81. The standard InChI is InChI=1S/C16H14ClN7/c17-12-4-2-11(3-5-12)14(24-7-1-6-22-24)9-18-15-13-8-21-23-16(13)20-10-19-15/h1-8,10,14H,9H2,(H2,18,19,20,21,23). The van der Waals surface area contributed by atoms with Gasteiger partial charge in [0.25, 0.3) is 0 Å². The molecule has 0 saturated carbocycles. The minimum absolute atomic E-state index is 0.00850. The maximum Gasteiger partial charge on any atom is 0.160 e. The van der Waals surface area contributed by atoms with Gasteiger partial charge in [-0.3, -0.25) is 9.78 Å². The zero-order valence-corrected chi connectivity index (χ0v) is 13.4. The van der Waals surface area contributed by atoms with Crippen LogP contribution in [0.5, 0.6) is 0 Å². The number of fused-ring (bicyclic) bond motifs is 1. The number of halogens is 1. The molecule has 3 heterocycles. The van der Waals surface area contributed by atoms with E-state index in [4.69, 9.17) is 11.6 Å². The van der Waals surface area contributed by atoms with Crippen LogP contribution >= 0.6 is 11.6 Å². The number of aromatic nitrogens is 6. The van der Waals surface area contributed by atoms with Gasteiger partial charge in [-0.25, -0.2) is 9.97 Å². The lowest BCUT2D eigenvalue weighted by atomic mass is 10.1. The maximum atomic E-state index is 6.00. The van der Waals surface area contributed by atoms with E-state index in [-0.39, 0.29) is 6.04 Å². The summed E-state index contributed by atoms with van der Waals surface area (Å²) in [7, 11) is 0. The summed E-state index contributed by atoms with van der Waals surface area (Å²) < 4.78 is 1.91. The predicted octanol–water partition coefficient (Wildman–Crippen LogP) is 2.90. The fourth-order valence-corrected chi connectivity index (χ4v) is 2.74. The van der Waals surface area contributed by atoms with Gasteiger partial charge in [-0.15, -0.1) is 0 Å². The Labute approximate surface area is 142 Å². The summed E-state index contributed by atoms with van der Waals surface area (Å²) in [5, 5.41) is 16.2. The van der Waals surface area contributed by atoms with Crippen LogP contribution in [0.4, 0.5) is 5.82 Å². The summed E-state index contributed by atoms with van der Waals surface area (Å²) >= 11 is 6.00. The number of aromatic amines is 1. The molecule has 7 nitrogen and oxygen atoms in total. The Kier molecular flexibility index (Phi) is 3.84. The molecule has 24 heavy (non-hydrogen) atoms. The lowest BCUT2D eigenvalue weighted by Gasteiger charge is -2.19. The van der Waals surface area contributed by atoms with E-state index in [1.54, 1.807) is 12.4 Å². The average molecular weight is 340 g/mol. The van der Waals surface area contributed by atoms with Crippen molar-refractivity contribution in [3.05, 3.63) is 65.8 Å². The number of anilines is 1. The second kappa shape index (κ2) is 6.29. The van der Waals surface area contributed by atoms with Gasteiger partial charge in [0.1, 0.15) is 12.1 Å². The summed E-state index contributed by atoms with van der Waals surface area (Å²) in [4.78, 5) is 8.45. The highest BCUT2D eigenvalue weighted by Gasteiger charge is 2.15. The Hall–Kier alpha value is -2.93. The van der Waals surface area contributed by atoms with Crippen LogP contribution in [0.1, 0.15) is 11.6 Å². The lowest BCUT2D eigenvalue weighted by Crippen LogP contribution is -2.21. The molecular formula is C16H14ClN7. The topological polar surface area (TPSA) is 84.3 Å². The summed E-state index contributed by atoms with van der Waals surface area (Å²) in [6.45, 7) is 0.612. The Morgan fingerprint density at radius 2 is 2.08 bits per heavy atom. The van der Waals surface area contributed by atoms with Crippen molar-refractivity contribution in [3.8, 4) is 0 Å². The van der Waals surface area contributed by atoms with Crippen molar-refractivity contribution in [1.82, 2.24) is 29.9 Å². The van der Waals surface area contributed by atoms with E-state index in [2.05, 4.69) is 30.6 Å². The molecule has 4 rings (SSSR count). The molecule has 0 aliphatic rings. The first-order chi connectivity index (χ1) is 11.8. The van der Waals surface area contributed by atoms with Gasteiger partial charge in [-0.2, -0.15) is 10.2 Å². The number of benzene rings is 1.